The van der Waals surface area contributed by atoms with E-state index in [1.165, 1.54) is 18.4 Å². The summed E-state index contributed by atoms with van der Waals surface area (Å²) in [5, 5.41) is 0.306. The number of fused-ring (bicyclic) bond motifs is 1. The van der Waals surface area contributed by atoms with Crippen molar-refractivity contribution < 1.29 is 17.6 Å². The third-order valence-corrected chi connectivity index (χ3v) is 3.95. The minimum atomic E-state index is -4.52. The first kappa shape index (κ1) is 16.1. The monoisotopic (exact) mass is 356 g/mol. The van der Waals surface area contributed by atoms with Gasteiger partial charge in [-0.25, -0.2) is 4.98 Å². The molecule has 0 fully saturated rings. The summed E-state index contributed by atoms with van der Waals surface area (Å²) in [6.07, 6.45) is -3.11. The molecule has 0 aliphatic heterocycles. The van der Waals surface area contributed by atoms with E-state index in [0.29, 0.717) is 10.9 Å². The van der Waals surface area contributed by atoms with Gasteiger partial charge in [-0.05, 0) is 42.5 Å². The van der Waals surface area contributed by atoms with Gasteiger partial charge in [-0.15, -0.1) is 0 Å². The van der Waals surface area contributed by atoms with E-state index in [1.807, 2.05) is 0 Å². The van der Waals surface area contributed by atoms with E-state index in [1.54, 1.807) is 36.4 Å². The highest BCUT2D eigenvalue weighted by Gasteiger charge is 2.31. The Morgan fingerprint density at radius 2 is 1.77 bits per heavy atom. The van der Waals surface area contributed by atoms with Gasteiger partial charge in [-0.2, -0.15) is 13.2 Å². The van der Waals surface area contributed by atoms with Crippen LogP contribution in [0.5, 0.6) is 0 Å². The zero-order chi connectivity index (χ0) is 18.3. The number of rotatable bonds is 2. The largest absolute Gasteiger partial charge is 0.461 e. The van der Waals surface area contributed by atoms with E-state index >= 15 is 0 Å². The van der Waals surface area contributed by atoms with Crippen molar-refractivity contribution in [3.63, 3.8) is 0 Å². The first-order valence-electron chi connectivity index (χ1n) is 7.68. The van der Waals surface area contributed by atoms with Crippen LogP contribution >= 0.6 is 0 Å². The van der Waals surface area contributed by atoms with Crippen LogP contribution in [-0.2, 0) is 6.18 Å². The zero-order valence-corrected chi connectivity index (χ0v) is 13.2. The average molecular weight is 356 g/mol. The molecule has 0 N–H and O–H groups in total. The van der Waals surface area contributed by atoms with Crippen molar-refractivity contribution in [2.45, 2.75) is 6.18 Å². The van der Waals surface area contributed by atoms with E-state index in [-0.39, 0.29) is 17.3 Å². The van der Waals surface area contributed by atoms with Crippen molar-refractivity contribution in [1.29, 1.82) is 0 Å². The Hall–Kier alpha value is -3.35. The summed E-state index contributed by atoms with van der Waals surface area (Å²) in [5.74, 6) is 0.420. The Morgan fingerprint density at radius 3 is 2.50 bits per heavy atom. The number of benzene rings is 2. The van der Waals surface area contributed by atoms with E-state index in [0.717, 1.165) is 16.7 Å². The topological polar surface area (TPSA) is 48.0 Å². The van der Waals surface area contributed by atoms with Crippen molar-refractivity contribution >= 4 is 10.9 Å². The molecule has 4 rings (SSSR count). The number of nitrogens with zero attached hydrogens (tertiary/aromatic N) is 2. The lowest BCUT2D eigenvalue weighted by Crippen LogP contribution is -2.22. The van der Waals surface area contributed by atoms with Gasteiger partial charge >= 0.3 is 6.18 Å². The maximum absolute atomic E-state index is 13.1. The van der Waals surface area contributed by atoms with Gasteiger partial charge in [0.1, 0.15) is 0 Å². The van der Waals surface area contributed by atoms with Gasteiger partial charge in [0, 0.05) is 0 Å². The molecule has 0 atom stereocenters. The lowest BCUT2D eigenvalue weighted by molar-refractivity contribution is -0.137. The van der Waals surface area contributed by atoms with Gasteiger partial charge in [0.2, 0.25) is 0 Å². The summed E-state index contributed by atoms with van der Waals surface area (Å²) in [7, 11) is 0. The number of halogens is 3. The Kier molecular flexibility index (Phi) is 3.64. The minimum absolute atomic E-state index is 0.0643. The molecule has 7 heteroatoms. The van der Waals surface area contributed by atoms with E-state index in [2.05, 4.69) is 4.98 Å². The lowest BCUT2D eigenvalue weighted by Gasteiger charge is -2.14. The molecule has 2 aromatic carbocycles. The van der Waals surface area contributed by atoms with Crippen LogP contribution < -0.4 is 5.56 Å². The quantitative estimate of drug-likeness (QED) is 0.525. The molecule has 0 aliphatic carbocycles. The SMILES string of the molecule is O=c1c2ccccc2nc(-c2ccco2)n1-c1cccc(C(F)(F)F)c1. The maximum Gasteiger partial charge on any atom is 0.416 e. The highest BCUT2D eigenvalue weighted by atomic mass is 19.4. The Bertz CT molecular complexity index is 1150. The molecule has 2 heterocycles. The van der Waals surface area contributed by atoms with Crippen LogP contribution in [0.1, 0.15) is 5.56 Å². The molecule has 0 saturated heterocycles. The second-order valence-corrected chi connectivity index (χ2v) is 5.62. The molecular weight excluding hydrogens is 345 g/mol. The first-order chi connectivity index (χ1) is 12.4. The molecule has 4 nitrogen and oxygen atoms in total. The van der Waals surface area contributed by atoms with Crippen LogP contribution in [0, 0.1) is 0 Å². The van der Waals surface area contributed by atoms with Gasteiger partial charge in [0.25, 0.3) is 5.56 Å². The zero-order valence-electron chi connectivity index (χ0n) is 13.2. The van der Waals surface area contributed by atoms with Crippen molar-refractivity contribution in [1.82, 2.24) is 9.55 Å². The number of hydrogen-bond donors (Lipinski definition) is 0. The highest BCUT2D eigenvalue weighted by molar-refractivity contribution is 5.80. The maximum atomic E-state index is 13.1. The van der Waals surface area contributed by atoms with Gasteiger partial charge in [0.05, 0.1) is 28.4 Å². The van der Waals surface area contributed by atoms with Crippen LogP contribution in [0.2, 0.25) is 0 Å². The standard InChI is InChI=1S/C19H11F3N2O2/c20-19(21,22)12-5-3-6-13(11-12)24-17(16-9-4-10-26-16)23-15-8-2-1-7-14(15)18(24)25/h1-11H. The van der Waals surface area contributed by atoms with E-state index < -0.39 is 17.3 Å². The van der Waals surface area contributed by atoms with Gasteiger partial charge in [-0.1, -0.05) is 18.2 Å². The smallest absolute Gasteiger partial charge is 0.416 e. The highest BCUT2D eigenvalue weighted by Crippen LogP contribution is 2.31. The van der Waals surface area contributed by atoms with Crippen molar-refractivity contribution in [3.8, 4) is 17.3 Å². The fraction of sp³-hybridized carbons (Fsp3) is 0.0526. The third kappa shape index (κ3) is 2.67. The molecule has 26 heavy (non-hydrogen) atoms. The molecule has 0 spiro atoms. The minimum Gasteiger partial charge on any atom is -0.461 e. The van der Waals surface area contributed by atoms with Gasteiger partial charge < -0.3 is 4.42 Å². The molecule has 0 amide bonds. The second kappa shape index (κ2) is 5.87. The number of aromatic nitrogens is 2. The predicted molar refractivity (Wildman–Crippen MR) is 90.0 cm³/mol. The molecule has 130 valence electrons. The molecule has 0 unspecified atom stereocenters. The number of furan rings is 1. The molecular formula is C19H11F3N2O2. The fourth-order valence-electron chi connectivity index (χ4n) is 2.76. The van der Waals surface area contributed by atoms with E-state index in [9.17, 15) is 18.0 Å². The van der Waals surface area contributed by atoms with Crippen molar-refractivity contribution in [2.24, 2.45) is 0 Å². The average Bonchev–Trinajstić information content (AvgIpc) is 3.15. The Balaban J connectivity index is 2.07. The fourth-order valence-corrected chi connectivity index (χ4v) is 2.76. The summed E-state index contributed by atoms with van der Waals surface area (Å²) in [4.78, 5) is 17.4. The van der Waals surface area contributed by atoms with E-state index in [4.69, 9.17) is 4.42 Å². The van der Waals surface area contributed by atoms with Gasteiger partial charge in [0.15, 0.2) is 11.6 Å². The molecule has 4 aromatic rings. The molecule has 2 aromatic heterocycles. The normalized spacial score (nSPS) is 11.8. The Labute approximate surface area is 145 Å². The summed E-state index contributed by atoms with van der Waals surface area (Å²) in [6, 6.07) is 14.4. The lowest BCUT2D eigenvalue weighted by atomic mass is 10.1. The van der Waals surface area contributed by atoms with Crippen molar-refractivity contribution in [2.75, 3.05) is 0 Å². The molecule has 0 aliphatic rings. The summed E-state index contributed by atoms with van der Waals surface area (Å²) in [6.45, 7) is 0. The third-order valence-electron chi connectivity index (χ3n) is 3.95. The van der Waals surface area contributed by atoms with Crippen LogP contribution in [0.4, 0.5) is 13.2 Å². The predicted octanol–water partition coefficient (Wildman–Crippen LogP) is 4.66. The Morgan fingerprint density at radius 1 is 0.962 bits per heavy atom. The molecule has 0 saturated carbocycles. The molecule has 0 bridgehead atoms. The van der Waals surface area contributed by atoms with Crippen LogP contribution in [0.25, 0.3) is 28.2 Å². The van der Waals surface area contributed by atoms with Crippen LogP contribution in [-0.4, -0.2) is 9.55 Å². The van der Waals surface area contributed by atoms with Crippen LogP contribution in [0.3, 0.4) is 0 Å². The van der Waals surface area contributed by atoms with Gasteiger partial charge in [-0.3, -0.25) is 9.36 Å². The summed E-state index contributed by atoms with van der Waals surface area (Å²) < 4.78 is 45.7. The number of hydrogen-bond acceptors (Lipinski definition) is 3. The summed E-state index contributed by atoms with van der Waals surface area (Å²) >= 11 is 0. The van der Waals surface area contributed by atoms with Crippen molar-refractivity contribution in [3.05, 3.63) is 82.8 Å². The second-order valence-electron chi connectivity index (χ2n) is 5.62. The summed E-state index contributed by atoms with van der Waals surface area (Å²) in [5.41, 5.74) is -0.816. The van der Waals surface area contributed by atoms with Crippen LogP contribution in [0.15, 0.2) is 76.1 Å². The molecule has 0 radical (unpaired) electrons. The number of para-hydroxylation sites is 1. The first-order valence-corrected chi connectivity index (χ1v) is 7.68. The number of alkyl halides is 3.